The molecule has 0 radical (unpaired) electrons. The summed E-state index contributed by atoms with van der Waals surface area (Å²) in [6, 6.07) is 3.63. The quantitative estimate of drug-likeness (QED) is 0.593. The van der Waals surface area contributed by atoms with Gasteiger partial charge in [-0.15, -0.1) is 0 Å². The van der Waals surface area contributed by atoms with Crippen molar-refractivity contribution in [3.63, 3.8) is 0 Å². The zero-order chi connectivity index (χ0) is 16.2. The van der Waals surface area contributed by atoms with Gasteiger partial charge < -0.3 is 5.32 Å². The van der Waals surface area contributed by atoms with Crippen LogP contribution in [0.2, 0.25) is 0 Å². The highest BCUT2D eigenvalue weighted by atomic mass is 32.2. The zero-order valence-electron chi connectivity index (χ0n) is 12.6. The van der Waals surface area contributed by atoms with Crippen LogP contribution >= 0.6 is 0 Å². The van der Waals surface area contributed by atoms with Gasteiger partial charge in [0, 0.05) is 25.7 Å². The van der Waals surface area contributed by atoms with E-state index in [1.165, 1.54) is 25.2 Å². The van der Waals surface area contributed by atoms with Gasteiger partial charge in [0.25, 0.3) is 5.69 Å². The maximum Gasteiger partial charge on any atom is 0.271 e. The van der Waals surface area contributed by atoms with Gasteiger partial charge in [-0.1, -0.05) is 20.8 Å². The highest BCUT2D eigenvalue weighted by Crippen LogP contribution is 2.26. The average Bonchev–Trinajstić information content (AvgIpc) is 2.43. The van der Waals surface area contributed by atoms with E-state index in [2.05, 4.69) is 10.0 Å². The fourth-order valence-corrected chi connectivity index (χ4v) is 2.95. The number of hydrogen-bond acceptors (Lipinski definition) is 5. The van der Waals surface area contributed by atoms with Gasteiger partial charge >= 0.3 is 0 Å². The predicted molar refractivity (Wildman–Crippen MR) is 81.8 cm³/mol. The third kappa shape index (κ3) is 4.40. The smallest absolute Gasteiger partial charge is 0.271 e. The predicted octanol–water partition coefficient (Wildman–Crippen LogP) is 2.21. The van der Waals surface area contributed by atoms with Crippen LogP contribution in [0.25, 0.3) is 0 Å². The van der Waals surface area contributed by atoms with Gasteiger partial charge in [0.05, 0.1) is 10.6 Å². The maximum atomic E-state index is 12.3. The van der Waals surface area contributed by atoms with E-state index in [1.54, 1.807) is 0 Å². The summed E-state index contributed by atoms with van der Waals surface area (Å²) in [5.74, 6) is 0.546. The molecule has 0 fully saturated rings. The van der Waals surface area contributed by atoms with Crippen LogP contribution in [0.1, 0.15) is 20.8 Å². The summed E-state index contributed by atoms with van der Waals surface area (Å²) in [7, 11) is -2.19. The monoisotopic (exact) mass is 315 g/mol. The summed E-state index contributed by atoms with van der Waals surface area (Å²) in [6.45, 7) is 6.32. The number of nitrogens with one attached hydrogen (secondary N) is 2. The van der Waals surface area contributed by atoms with Gasteiger partial charge in [-0.3, -0.25) is 10.1 Å². The third-order valence-corrected chi connectivity index (χ3v) is 4.95. The molecule has 0 aliphatic rings. The topological polar surface area (TPSA) is 101 Å². The van der Waals surface area contributed by atoms with Crippen LogP contribution in [0.5, 0.6) is 0 Å². The summed E-state index contributed by atoms with van der Waals surface area (Å²) in [5, 5.41) is 13.4. The van der Waals surface area contributed by atoms with Crippen LogP contribution in [-0.4, -0.2) is 26.9 Å². The Labute approximate surface area is 124 Å². The van der Waals surface area contributed by atoms with Crippen molar-refractivity contribution >= 4 is 21.4 Å². The highest BCUT2D eigenvalue weighted by Gasteiger charge is 2.21. The number of nitro benzene ring substituents is 1. The fourth-order valence-electron chi connectivity index (χ4n) is 1.62. The average molecular weight is 315 g/mol. The molecule has 0 bridgehead atoms. The van der Waals surface area contributed by atoms with Crippen molar-refractivity contribution in [1.82, 2.24) is 4.72 Å². The zero-order valence-corrected chi connectivity index (χ0v) is 13.4. The Bertz CT molecular complexity index is 614. The molecular weight excluding hydrogens is 294 g/mol. The normalized spacial score (nSPS) is 13.2. The van der Waals surface area contributed by atoms with Gasteiger partial charge in [0.15, 0.2) is 0 Å². The minimum atomic E-state index is -3.71. The van der Waals surface area contributed by atoms with Crippen molar-refractivity contribution in [2.24, 2.45) is 11.8 Å². The third-order valence-electron chi connectivity index (χ3n) is 3.47. The minimum absolute atomic E-state index is 0.00607. The Balaban J connectivity index is 3.05. The summed E-state index contributed by atoms with van der Waals surface area (Å²) in [5.41, 5.74) is 0.0442. The number of anilines is 1. The standard InChI is InChI=1S/C13H21N3O4S/c1-9(2)10(3)8-15-21(19,20)13-6-5-11(16(17)18)7-12(13)14-4/h5-7,9-10,14-15H,8H2,1-4H3. The molecule has 7 nitrogen and oxygen atoms in total. The molecule has 0 saturated heterocycles. The van der Waals surface area contributed by atoms with Gasteiger partial charge in [0.2, 0.25) is 10.0 Å². The lowest BCUT2D eigenvalue weighted by atomic mass is 9.99. The molecule has 1 atom stereocenters. The summed E-state index contributed by atoms with van der Waals surface area (Å²) in [4.78, 5) is 10.2. The van der Waals surface area contributed by atoms with Crippen molar-refractivity contribution < 1.29 is 13.3 Å². The maximum absolute atomic E-state index is 12.3. The van der Waals surface area contributed by atoms with Gasteiger partial charge in [0.1, 0.15) is 4.90 Å². The largest absolute Gasteiger partial charge is 0.387 e. The van der Waals surface area contributed by atoms with Gasteiger partial charge in [-0.05, 0) is 17.9 Å². The molecule has 1 aromatic carbocycles. The van der Waals surface area contributed by atoms with Crippen molar-refractivity contribution in [2.75, 3.05) is 18.9 Å². The fraction of sp³-hybridized carbons (Fsp3) is 0.538. The van der Waals surface area contributed by atoms with E-state index in [0.29, 0.717) is 12.5 Å². The van der Waals surface area contributed by atoms with Crippen LogP contribution in [0, 0.1) is 22.0 Å². The number of sulfonamides is 1. The van der Waals surface area contributed by atoms with E-state index in [0.717, 1.165) is 0 Å². The Kier molecular flexibility index (Phi) is 5.68. The van der Waals surface area contributed by atoms with Crippen LogP contribution in [0.4, 0.5) is 11.4 Å². The van der Waals surface area contributed by atoms with E-state index < -0.39 is 14.9 Å². The summed E-state index contributed by atoms with van der Waals surface area (Å²) in [6.07, 6.45) is 0. The van der Waals surface area contributed by atoms with Gasteiger partial charge in [-0.2, -0.15) is 0 Å². The molecule has 1 unspecified atom stereocenters. The summed E-state index contributed by atoms with van der Waals surface area (Å²) < 4.78 is 27.1. The number of benzene rings is 1. The number of hydrogen-bond donors (Lipinski definition) is 2. The molecule has 0 aliphatic heterocycles. The first kappa shape index (κ1) is 17.4. The Morgan fingerprint density at radius 3 is 2.38 bits per heavy atom. The molecular formula is C13H21N3O4S. The van der Waals surface area contributed by atoms with Crippen LogP contribution < -0.4 is 10.0 Å². The van der Waals surface area contributed by atoms with Crippen molar-refractivity contribution in [1.29, 1.82) is 0 Å². The second kappa shape index (κ2) is 6.86. The summed E-state index contributed by atoms with van der Waals surface area (Å²) >= 11 is 0. The van der Waals surface area contributed by atoms with E-state index in [9.17, 15) is 18.5 Å². The first-order chi connectivity index (χ1) is 9.69. The molecule has 2 N–H and O–H groups in total. The Morgan fingerprint density at radius 2 is 1.90 bits per heavy atom. The van der Waals surface area contributed by atoms with E-state index in [1.807, 2.05) is 20.8 Å². The lowest BCUT2D eigenvalue weighted by Crippen LogP contribution is -2.30. The van der Waals surface area contributed by atoms with Gasteiger partial charge in [-0.25, -0.2) is 13.1 Å². The van der Waals surface area contributed by atoms with E-state index >= 15 is 0 Å². The van der Waals surface area contributed by atoms with Crippen molar-refractivity contribution in [3.8, 4) is 0 Å². The SMILES string of the molecule is CNc1cc([N+](=O)[O-])ccc1S(=O)(=O)NCC(C)C(C)C. The molecule has 0 saturated carbocycles. The second-order valence-electron chi connectivity index (χ2n) is 5.26. The molecule has 0 amide bonds. The number of nitro groups is 1. The van der Waals surface area contributed by atoms with E-state index in [-0.39, 0.29) is 22.2 Å². The van der Waals surface area contributed by atoms with Crippen molar-refractivity contribution in [2.45, 2.75) is 25.7 Å². The first-order valence-corrected chi connectivity index (χ1v) is 8.13. The molecule has 21 heavy (non-hydrogen) atoms. The Hall–Kier alpha value is -1.67. The number of non-ortho nitro benzene ring substituents is 1. The molecule has 118 valence electrons. The van der Waals surface area contributed by atoms with Crippen LogP contribution in [-0.2, 0) is 10.0 Å². The lowest BCUT2D eigenvalue weighted by molar-refractivity contribution is -0.384. The number of rotatable bonds is 7. The van der Waals surface area contributed by atoms with Crippen LogP contribution in [0.3, 0.4) is 0 Å². The highest BCUT2D eigenvalue weighted by molar-refractivity contribution is 7.89. The molecule has 0 spiro atoms. The molecule has 0 aromatic heterocycles. The lowest BCUT2D eigenvalue weighted by Gasteiger charge is -2.17. The van der Waals surface area contributed by atoms with E-state index in [4.69, 9.17) is 0 Å². The van der Waals surface area contributed by atoms with Crippen LogP contribution in [0.15, 0.2) is 23.1 Å². The first-order valence-electron chi connectivity index (χ1n) is 6.65. The number of nitrogens with zero attached hydrogens (tertiary/aromatic N) is 1. The second-order valence-corrected chi connectivity index (χ2v) is 7.00. The molecule has 8 heteroatoms. The minimum Gasteiger partial charge on any atom is -0.387 e. The molecule has 0 aliphatic carbocycles. The molecule has 1 rings (SSSR count). The molecule has 0 heterocycles. The van der Waals surface area contributed by atoms with Crippen molar-refractivity contribution in [3.05, 3.63) is 28.3 Å². The molecule has 1 aromatic rings. The Morgan fingerprint density at radius 1 is 1.29 bits per heavy atom.